The molecule has 1 amide bonds. The van der Waals surface area contributed by atoms with Crippen LogP contribution in [-0.2, 0) is 14.3 Å². The smallest absolute Gasteiger partial charge is 0.305 e. The first-order valence-corrected chi connectivity index (χ1v) is 35.1. The van der Waals surface area contributed by atoms with Crippen molar-refractivity contribution < 1.29 is 24.5 Å². The van der Waals surface area contributed by atoms with Crippen molar-refractivity contribution in [2.45, 2.75) is 405 Å². The Labute approximate surface area is 481 Å². The highest BCUT2D eigenvalue weighted by molar-refractivity contribution is 5.76. The van der Waals surface area contributed by atoms with Crippen LogP contribution in [0.2, 0.25) is 0 Å². The number of hydrogen-bond donors (Lipinski definition) is 3. The van der Waals surface area contributed by atoms with Gasteiger partial charge in [-0.2, -0.15) is 0 Å². The summed E-state index contributed by atoms with van der Waals surface area (Å²) in [5.74, 6) is -0.0324. The molecule has 0 heterocycles. The summed E-state index contributed by atoms with van der Waals surface area (Å²) in [7, 11) is 0. The van der Waals surface area contributed by atoms with E-state index in [-0.39, 0.29) is 18.5 Å². The molecule has 0 saturated carbocycles. The number of nitrogens with one attached hydrogen (secondary N) is 1. The number of carbonyl (C=O) groups is 2. The molecule has 0 aromatic rings. The predicted molar refractivity (Wildman–Crippen MR) is 338 cm³/mol. The van der Waals surface area contributed by atoms with Gasteiger partial charge in [0.05, 0.1) is 25.4 Å². The molecule has 0 aliphatic heterocycles. The third-order valence-corrected chi connectivity index (χ3v) is 16.5. The molecule has 0 fully saturated rings. The van der Waals surface area contributed by atoms with E-state index < -0.39 is 12.1 Å². The first kappa shape index (κ1) is 75.3. The van der Waals surface area contributed by atoms with Crippen LogP contribution < -0.4 is 5.32 Å². The normalized spacial score (nSPS) is 12.6. The summed E-state index contributed by atoms with van der Waals surface area (Å²) in [6.45, 7) is 4.98. The Hall–Kier alpha value is -1.66. The van der Waals surface area contributed by atoms with E-state index >= 15 is 0 Å². The number of aliphatic hydroxyl groups excluding tert-OH is 2. The molecule has 6 nitrogen and oxygen atoms in total. The lowest BCUT2D eigenvalue weighted by molar-refractivity contribution is -0.143. The Morgan fingerprint density at radius 2 is 0.610 bits per heavy atom. The van der Waals surface area contributed by atoms with Gasteiger partial charge in [-0.15, -0.1) is 0 Å². The number of esters is 1. The molecule has 0 aromatic carbocycles. The fourth-order valence-electron chi connectivity index (χ4n) is 11.1. The Morgan fingerprint density at radius 3 is 0.922 bits per heavy atom. The van der Waals surface area contributed by atoms with Crippen LogP contribution in [-0.4, -0.2) is 47.4 Å². The van der Waals surface area contributed by atoms with Gasteiger partial charge in [-0.25, -0.2) is 0 Å². The SMILES string of the molecule is CCCCCCCCC/C=C\CCCCCCCCCC(=O)OCCCCCCCCCCCC/C=C\CCCCCCCCCC(=O)NC(CO)C(O)CCCCCCCCCCCCCCCCCCCCCCC. The highest BCUT2D eigenvalue weighted by atomic mass is 16.5. The fraction of sp³-hybridized carbons (Fsp3) is 0.915. The number of ether oxygens (including phenoxy) is 1. The van der Waals surface area contributed by atoms with Gasteiger partial charge < -0.3 is 20.3 Å². The number of unbranched alkanes of at least 4 members (excludes halogenated alkanes) is 51. The minimum Gasteiger partial charge on any atom is -0.466 e. The van der Waals surface area contributed by atoms with Crippen molar-refractivity contribution >= 4 is 11.9 Å². The summed E-state index contributed by atoms with van der Waals surface area (Å²) in [5, 5.41) is 23.4. The summed E-state index contributed by atoms with van der Waals surface area (Å²) in [5.41, 5.74) is 0. The highest BCUT2D eigenvalue weighted by Gasteiger charge is 2.20. The predicted octanol–water partition coefficient (Wildman–Crippen LogP) is 22.5. The maximum Gasteiger partial charge on any atom is 0.305 e. The highest BCUT2D eigenvalue weighted by Crippen LogP contribution is 2.19. The molecule has 3 N–H and O–H groups in total. The Kier molecular flexibility index (Phi) is 65.4. The second kappa shape index (κ2) is 66.8. The van der Waals surface area contributed by atoms with Gasteiger partial charge in [-0.1, -0.05) is 327 Å². The van der Waals surface area contributed by atoms with E-state index in [1.165, 1.54) is 315 Å². The maximum absolute atomic E-state index is 12.5. The number of rotatable bonds is 66. The molecule has 77 heavy (non-hydrogen) atoms. The zero-order valence-electron chi connectivity index (χ0n) is 52.2. The van der Waals surface area contributed by atoms with Crippen molar-refractivity contribution in [3.63, 3.8) is 0 Å². The molecule has 2 atom stereocenters. The summed E-state index contributed by atoms with van der Waals surface area (Å²) in [6, 6.07) is -0.548. The van der Waals surface area contributed by atoms with Crippen LogP contribution in [0.5, 0.6) is 0 Å². The minimum atomic E-state index is -0.670. The summed E-state index contributed by atoms with van der Waals surface area (Å²) >= 11 is 0. The molecule has 0 aliphatic carbocycles. The average molecular weight is 1080 g/mol. The maximum atomic E-state index is 12.5. The Bertz CT molecular complexity index is 1200. The topological polar surface area (TPSA) is 95.9 Å². The fourth-order valence-corrected chi connectivity index (χ4v) is 11.1. The lowest BCUT2D eigenvalue weighted by Gasteiger charge is -2.22. The second-order valence-corrected chi connectivity index (χ2v) is 24.2. The van der Waals surface area contributed by atoms with Crippen molar-refractivity contribution in [3.05, 3.63) is 24.3 Å². The van der Waals surface area contributed by atoms with Crippen LogP contribution in [0.3, 0.4) is 0 Å². The van der Waals surface area contributed by atoms with Gasteiger partial charge in [0.2, 0.25) is 5.91 Å². The number of aliphatic hydroxyl groups is 2. The molecule has 0 spiro atoms. The van der Waals surface area contributed by atoms with Crippen molar-refractivity contribution in [1.82, 2.24) is 5.32 Å². The molecule has 0 radical (unpaired) electrons. The molecule has 0 aliphatic rings. The molecule has 0 bridgehead atoms. The molecule has 2 unspecified atom stereocenters. The largest absolute Gasteiger partial charge is 0.466 e. The van der Waals surface area contributed by atoms with E-state index in [1.807, 2.05) is 0 Å². The van der Waals surface area contributed by atoms with Crippen LogP contribution in [0.15, 0.2) is 24.3 Å². The van der Waals surface area contributed by atoms with Crippen molar-refractivity contribution in [2.75, 3.05) is 13.2 Å². The van der Waals surface area contributed by atoms with E-state index in [1.54, 1.807) is 0 Å². The minimum absolute atomic E-state index is 0.00633. The van der Waals surface area contributed by atoms with Gasteiger partial charge in [0.1, 0.15) is 0 Å². The number of amides is 1. The third-order valence-electron chi connectivity index (χ3n) is 16.5. The van der Waals surface area contributed by atoms with Crippen LogP contribution in [0.25, 0.3) is 0 Å². The van der Waals surface area contributed by atoms with Crippen molar-refractivity contribution in [3.8, 4) is 0 Å². The zero-order valence-corrected chi connectivity index (χ0v) is 52.2. The van der Waals surface area contributed by atoms with Crippen LogP contribution in [0, 0.1) is 0 Å². The summed E-state index contributed by atoms with van der Waals surface area (Å²) in [4.78, 5) is 24.6. The summed E-state index contributed by atoms with van der Waals surface area (Å²) < 4.78 is 5.50. The van der Waals surface area contributed by atoms with Gasteiger partial charge in [0.25, 0.3) is 0 Å². The molecule has 6 heteroatoms. The van der Waals surface area contributed by atoms with Gasteiger partial charge >= 0.3 is 5.97 Å². The van der Waals surface area contributed by atoms with Crippen LogP contribution in [0.1, 0.15) is 393 Å². The molecular weight excluding hydrogens is 947 g/mol. The Morgan fingerprint density at radius 1 is 0.351 bits per heavy atom. The van der Waals surface area contributed by atoms with E-state index in [2.05, 4.69) is 43.5 Å². The van der Waals surface area contributed by atoms with E-state index in [9.17, 15) is 19.8 Å². The zero-order chi connectivity index (χ0) is 55.7. The lowest BCUT2D eigenvalue weighted by Crippen LogP contribution is -2.45. The van der Waals surface area contributed by atoms with E-state index in [4.69, 9.17) is 4.74 Å². The van der Waals surface area contributed by atoms with Crippen LogP contribution in [0.4, 0.5) is 0 Å². The van der Waals surface area contributed by atoms with E-state index in [0.717, 1.165) is 44.9 Å². The average Bonchev–Trinajstić information content (AvgIpc) is 3.43. The van der Waals surface area contributed by atoms with Crippen molar-refractivity contribution in [2.24, 2.45) is 0 Å². The first-order chi connectivity index (χ1) is 38.0. The quantitative estimate of drug-likeness (QED) is 0.0320. The molecule has 456 valence electrons. The lowest BCUT2D eigenvalue weighted by atomic mass is 10.0. The molecular formula is C71H137NO5. The van der Waals surface area contributed by atoms with Crippen molar-refractivity contribution in [1.29, 1.82) is 0 Å². The number of carbonyl (C=O) groups excluding carboxylic acids is 2. The Balaban J connectivity index is 3.41. The van der Waals surface area contributed by atoms with Gasteiger partial charge in [0, 0.05) is 12.8 Å². The van der Waals surface area contributed by atoms with Gasteiger partial charge in [-0.05, 0) is 77.0 Å². The molecule has 0 saturated heterocycles. The molecule has 0 rings (SSSR count). The van der Waals surface area contributed by atoms with Gasteiger partial charge in [-0.3, -0.25) is 9.59 Å². The van der Waals surface area contributed by atoms with E-state index in [0.29, 0.717) is 25.9 Å². The standard InChI is InChI=1S/C71H137NO5/c1-3-5-7-9-11-13-15-17-19-21-23-25-28-31-35-39-43-47-51-55-59-63-69(74)68(67-73)72-70(75)64-60-56-52-48-44-40-36-32-29-26-24-27-30-34-38-42-46-50-54-58-62-66-77-71(76)65-61-57-53-49-45-41-37-33-22-20-18-16-14-12-10-8-6-4-2/h20,22,26,29,68-69,73-74H,3-19,21,23-25,27-28,30-67H2,1-2H3,(H,72,75)/b22-20-,29-26-. The third kappa shape index (κ3) is 63.4. The second-order valence-electron chi connectivity index (χ2n) is 24.2. The first-order valence-electron chi connectivity index (χ1n) is 35.1. The number of hydrogen-bond acceptors (Lipinski definition) is 5. The summed E-state index contributed by atoms with van der Waals surface area (Å²) in [6.07, 6.45) is 83.6. The number of allylic oxidation sites excluding steroid dienone is 4. The monoisotopic (exact) mass is 1080 g/mol. The molecule has 0 aromatic heterocycles. The van der Waals surface area contributed by atoms with Gasteiger partial charge in [0.15, 0.2) is 0 Å². The van der Waals surface area contributed by atoms with Crippen LogP contribution >= 0.6 is 0 Å².